The molecule has 0 fully saturated rings. The molecule has 23 heavy (non-hydrogen) atoms. The van der Waals surface area contributed by atoms with Crippen LogP contribution in [0.25, 0.3) is 0 Å². The van der Waals surface area contributed by atoms with E-state index in [1.165, 1.54) is 7.11 Å². The van der Waals surface area contributed by atoms with Crippen molar-refractivity contribution in [1.29, 1.82) is 0 Å². The number of hydrogen-bond donors (Lipinski definition) is 1. The average molecular weight is 311 g/mol. The van der Waals surface area contributed by atoms with Crippen LogP contribution in [0, 0.1) is 0 Å². The normalized spacial score (nSPS) is 10.3. The number of rotatable bonds is 8. The lowest BCUT2D eigenvalue weighted by molar-refractivity contribution is -0.139. The second-order valence-corrected chi connectivity index (χ2v) is 5.29. The Labute approximate surface area is 136 Å². The summed E-state index contributed by atoms with van der Waals surface area (Å²) in [4.78, 5) is 23.2. The van der Waals surface area contributed by atoms with Crippen molar-refractivity contribution in [3.05, 3.63) is 71.3 Å². The van der Waals surface area contributed by atoms with E-state index in [-0.39, 0.29) is 18.2 Å². The van der Waals surface area contributed by atoms with Gasteiger partial charge >= 0.3 is 5.97 Å². The molecule has 0 aliphatic carbocycles. The molecule has 0 saturated heterocycles. The summed E-state index contributed by atoms with van der Waals surface area (Å²) >= 11 is 0. The zero-order valence-corrected chi connectivity index (χ0v) is 13.2. The summed E-state index contributed by atoms with van der Waals surface area (Å²) < 4.78 is 4.67. The van der Waals surface area contributed by atoms with Gasteiger partial charge < -0.3 is 10.1 Å². The highest BCUT2D eigenvalue weighted by Crippen LogP contribution is 2.07. The third kappa shape index (κ3) is 5.68. The number of esters is 1. The minimum absolute atomic E-state index is 0.0880. The molecule has 4 heteroatoms. The summed E-state index contributed by atoms with van der Waals surface area (Å²) in [6.07, 6.45) is 1.08. The summed E-state index contributed by atoms with van der Waals surface area (Å²) in [6, 6.07) is 17.1. The van der Waals surface area contributed by atoms with Gasteiger partial charge in [-0.1, -0.05) is 54.6 Å². The van der Waals surface area contributed by atoms with Crippen molar-refractivity contribution in [2.24, 2.45) is 0 Å². The number of carbonyl (C=O) groups excluding carboxylic acids is 2. The van der Waals surface area contributed by atoms with Gasteiger partial charge in [-0.15, -0.1) is 0 Å². The van der Waals surface area contributed by atoms with E-state index in [1.54, 1.807) is 0 Å². The van der Waals surface area contributed by atoms with Gasteiger partial charge in [-0.25, -0.2) is 0 Å². The molecule has 0 atom stereocenters. The van der Waals surface area contributed by atoms with Crippen molar-refractivity contribution in [3.63, 3.8) is 0 Å². The van der Waals surface area contributed by atoms with E-state index in [2.05, 4.69) is 10.1 Å². The molecule has 0 bridgehead atoms. The summed E-state index contributed by atoms with van der Waals surface area (Å²) in [6.45, 7) is 1.03. The largest absolute Gasteiger partial charge is 0.469 e. The van der Waals surface area contributed by atoms with Crippen molar-refractivity contribution in [2.45, 2.75) is 12.8 Å². The molecule has 2 aromatic carbocycles. The molecule has 4 nitrogen and oxygen atoms in total. The molecule has 0 aliphatic heterocycles. The van der Waals surface area contributed by atoms with E-state index in [9.17, 15) is 9.59 Å². The molecule has 0 radical (unpaired) electrons. The van der Waals surface area contributed by atoms with Crippen molar-refractivity contribution < 1.29 is 14.3 Å². The number of Topliss-reactive ketones (excluding diaryl/α,β-unsaturated/α-hetero) is 1. The predicted octanol–water partition coefficient (Wildman–Crippen LogP) is 2.42. The first-order valence-electron chi connectivity index (χ1n) is 7.62. The van der Waals surface area contributed by atoms with E-state index in [1.807, 2.05) is 54.6 Å². The van der Waals surface area contributed by atoms with Crippen LogP contribution in [0.3, 0.4) is 0 Å². The van der Waals surface area contributed by atoms with E-state index >= 15 is 0 Å². The molecule has 120 valence electrons. The highest BCUT2D eigenvalue weighted by atomic mass is 16.5. The summed E-state index contributed by atoms with van der Waals surface area (Å²) in [7, 11) is 1.39. The van der Waals surface area contributed by atoms with Crippen molar-refractivity contribution in [2.75, 3.05) is 20.2 Å². The Kier molecular flexibility index (Phi) is 6.51. The van der Waals surface area contributed by atoms with Gasteiger partial charge in [-0.05, 0) is 24.1 Å². The number of ketones is 1. The molecule has 0 amide bonds. The fourth-order valence-electron chi connectivity index (χ4n) is 2.29. The van der Waals surface area contributed by atoms with Gasteiger partial charge in [-0.2, -0.15) is 0 Å². The molecule has 2 aromatic rings. The first-order valence-corrected chi connectivity index (χ1v) is 7.62. The van der Waals surface area contributed by atoms with Crippen LogP contribution in [0.2, 0.25) is 0 Å². The highest BCUT2D eigenvalue weighted by Gasteiger charge is 2.05. The second-order valence-electron chi connectivity index (χ2n) is 5.29. The minimum atomic E-state index is -0.242. The lowest BCUT2D eigenvalue weighted by Gasteiger charge is -2.06. The Morgan fingerprint density at radius 2 is 1.74 bits per heavy atom. The first kappa shape index (κ1) is 16.9. The van der Waals surface area contributed by atoms with Gasteiger partial charge in [0.05, 0.1) is 20.1 Å². The van der Waals surface area contributed by atoms with Gasteiger partial charge in [-0.3, -0.25) is 9.59 Å². The Balaban J connectivity index is 1.77. The lowest BCUT2D eigenvalue weighted by Crippen LogP contribution is -2.25. The fourth-order valence-corrected chi connectivity index (χ4v) is 2.29. The Morgan fingerprint density at radius 3 is 2.48 bits per heavy atom. The number of methoxy groups -OCH3 is 1. The van der Waals surface area contributed by atoms with Crippen LogP contribution < -0.4 is 5.32 Å². The van der Waals surface area contributed by atoms with Gasteiger partial charge in [0, 0.05) is 5.56 Å². The standard InChI is InChI=1S/C19H21NO3/c1-23-19(22)13-16-7-5-6-15(12-16)10-11-20-14-18(21)17-8-3-2-4-9-17/h2-9,12,20H,10-11,13-14H2,1H3. The van der Waals surface area contributed by atoms with Gasteiger partial charge in [0.15, 0.2) is 5.78 Å². The van der Waals surface area contributed by atoms with E-state index in [4.69, 9.17) is 0 Å². The topological polar surface area (TPSA) is 55.4 Å². The molecule has 0 saturated carbocycles. The Bertz CT molecular complexity index is 653. The Morgan fingerprint density at radius 1 is 1.00 bits per heavy atom. The average Bonchev–Trinajstić information content (AvgIpc) is 2.59. The van der Waals surface area contributed by atoms with Crippen LogP contribution >= 0.6 is 0 Å². The van der Waals surface area contributed by atoms with E-state index in [0.717, 1.165) is 23.1 Å². The van der Waals surface area contributed by atoms with Crippen LogP contribution in [0.4, 0.5) is 0 Å². The van der Waals surface area contributed by atoms with Crippen molar-refractivity contribution in [3.8, 4) is 0 Å². The van der Waals surface area contributed by atoms with Gasteiger partial charge in [0.2, 0.25) is 0 Å². The van der Waals surface area contributed by atoms with E-state index < -0.39 is 0 Å². The smallest absolute Gasteiger partial charge is 0.309 e. The number of benzene rings is 2. The molecule has 0 unspecified atom stereocenters. The predicted molar refractivity (Wildman–Crippen MR) is 89.5 cm³/mol. The SMILES string of the molecule is COC(=O)Cc1cccc(CCNCC(=O)c2ccccc2)c1. The second kappa shape index (κ2) is 8.86. The van der Waals surface area contributed by atoms with Crippen LogP contribution in [-0.4, -0.2) is 32.0 Å². The number of hydrogen-bond acceptors (Lipinski definition) is 4. The highest BCUT2D eigenvalue weighted by molar-refractivity contribution is 5.97. The van der Waals surface area contributed by atoms with Crippen LogP contribution in [0.15, 0.2) is 54.6 Å². The summed E-state index contributed by atoms with van der Waals surface area (Å²) in [5, 5.41) is 3.16. The minimum Gasteiger partial charge on any atom is -0.469 e. The lowest BCUT2D eigenvalue weighted by atomic mass is 10.1. The van der Waals surface area contributed by atoms with Gasteiger partial charge in [0.25, 0.3) is 0 Å². The molecule has 0 aliphatic rings. The van der Waals surface area contributed by atoms with Crippen LogP contribution in [0.1, 0.15) is 21.5 Å². The Hall–Kier alpha value is -2.46. The number of nitrogens with one attached hydrogen (secondary N) is 1. The van der Waals surface area contributed by atoms with Crippen molar-refractivity contribution >= 4 is 11.8 Å². The number of carbonyl (C=O) groups is 2. The molecular formula is C19H21NO3. The maximum absolute atomic E-state index is 12.0. The number of ether oxygens (including phenoxy) is 1. The van der Waals surface area contributed by atoms with Crippen LogP contribution in [0.5, 0.6) is 0 Å². The fraction of sp³-hybridized carbons (Fsp3) is 0.263. The van der Waals surface area contributed by atoms with Gasteiger partial charge in [0.1, 0.15) is 0 Å². The monoisotopic (exact) mass is 311 g/mol. The molecule has 0 heterocycles. The summed E-state index contributed by atoms with van der Waals surface area (Å²) in [5.74, 6) is -0.154. The first-order chi connectivity index (χ1) is 11.2. The van der Waals surface area contributed by atoms with E-state index in [0.29, 0.717) is 13.1 Å². The summed E-state index contributed by atoms with van der Waals surface area (Å²) in [5.41, 5.74) is 2.79. The zero-order chi connectivity index (χ0) is 16.5. The molecule has 0 aromatic heterocycles. The third-order valence-electron chi connectivity index (χ3n) is 3.54. The maximum atomic E-state index is 12.0. The molecule has 1 N–H and O–H groups in total. The molecule has 0 spiro atoms. The zero-order valence-electron chi connectivity index (χ0n) is 13.2. The van der Waals surface area contributed by atoms with Crippen LogP contribution in [-0.2, 0) is 22.4 Å². The third-order valence-corrected chi connectivity index (χ3v) is 3.54. The maximum Gasteiger partial charge on any atom is 0.309 e. The quantitative estimate of drug-likeness (QED) is 0.462. The molecular weight excluding hydrogens is 290 g/mol. The molecule has 2 rings (SSSR count). The van der Waals surface area contributed by atoms with Crippen molar-refractivity contribution in [1.82, 2.24) is 5.32 Å².